The minimum Gasteiger partial charge on any atom is -0.480 e. The van der Waals surface area contributed by atoms with Crippen LogP contribution in [0.3, 0.4) is 0 Å². The van der Waals surface area contributed by atoms with Gasteiger partial charge in [-0.2, -0.15) is 11.8 Å². The Labute approximate surface area is 183 Å². The van der Waals surface area contributed by atoms with Gasteiger partial charge in [0.1, 0.15) is 18.1 Å². The molecule has 10 heteroatoms. The van der Waals surface area contributed by atoms with Crippen LogP contribution in [0.25, 0.3) is 0 Å². The van der Waals surface area contributed by atoms with E-state index < -0.39 is 47.9 Å². The van der Waals surface area contributed by atoms with Gasteiger partial charge in [-0.05, 0) is 43.6 Å². The van der Waals surface area contributed by atoms with E-state index in [2.05, 4.69) is 16.0 Å². The largest absolute Gasteiger partial charge is 0.480 e. The highest BCUT2D eigenvalue weighted by atomic mass is 32.2. The van der Waals surface area contributed by atoms with Crippen molar-refractivity contribution in [2.75, 3.05) is 12.0 Å². The highest BCUT2D eigenvalue weighted by Gasteiger charge is 2.32. The van der Waals surface area contributed by atoms with E-state index in [9.17, 15) is 24.3 Å². The Balaban J connectivity index is 5.44. The van der Waals surface area contributed by atoms with E-state index in [1.807, 2.05) is 27.0 Å². The van der Waals surface area contributed by atoms with Crippen LogP contribution >= 0.6 is 11.8 Å². The molecule has 3 amide bonds. The Hall–Kier alpha value is -1.81. The molecule has 9 nitrogen and oxygen atoms in total. The van der Waals surface area contributed by atoms with Crippen molar-refractivity contribution in [3.05, 3.63) is 0 Å². The number of hydrogen-bond donors (Lipinski definition) is 5. The number of thioether (sulfide) groups is 1. The summed E-state index contributed by atoms with van der Waals surface area (Å²) >= 11 is 1.49. The maximum absolute atomic E-state index is 12.9. The average Bonchev–Trinajstić information content (AvgIpc) is 2.66. The van der Waals surface area contributed by atoms with Crippen LogP contribution < -0.4 is 21.7 Å². The molecule has 0 aliphatic heterocycles. The second-order valence-electron chi connectivity index (χ2n) is 8.03. The lowest BCUT2D eigenvalue weighted by atomic mass is 9.96. The average molecular weight is 447 g/mol. The number of nitrogens with two attached hydrogens (primary N) is 1. The number of carbonyl (C=O) groups excluding carboxylic acids is 3. The molecule has 30 heavy (non-hydrogen) atoms. The lowest BCUT2D eigenvalue weighted by molar-refractivity contribution is -0.142. The summed E-state index contributed by atoms with van der Waals surface area (Å²) in [7, 11) is 0. The van der Waals surface area contributed by atoms with Crippen molar-refractivity contribution in [1.82, 2.24) is 16.0 Å². The maximum Gasteiger partial charge on any atom is 0.326 e. The fourth-order valence-electron chi connectivity index (χ4n) is 2.72. The molecule has 0 saturated carbocycles. The second-order valence-corrected chi connectivity index (χ2v) is 9.02. The van der Waals surface area contributed by atoms with Crippen LogP contribution in [0.15, 0.2) is 0 Å². The molecular formula is C20H38N4O5S. The number of rotatable bonds is 14. The molecule has 0 saturated heterocycles. The zero-order valence-corrected chi connectivity index (χ0v) is 19.7. The van der Waals surface area contributed by atoms with Gasteiger partial charge in [-0.1, -0.05) is 34.1 Å². The Morgan fingerprint density at radius 1 is 0.933 bits per heavy atom. The Morgan fingerprint density at radius 3 is 1.93 bits per heavy atom. The van der Waals surface area contributed by atoms with Gasteiger partial charge in [0, 0.05) is 0 Å². The molecule has 0 heterocycles. The van der Waals surface area contributed by atoms with Crippen molar-refractivity contribution in [3.63, 3.8) is 0 Å². The first-order valence-corrected chi connectivity index (χ1v) is 11.7. The van der Waals surface area contributed by atoms with Gasteiger partial charge in [0.25, 0.3) is 0 Å². The molecule has 0 aromatic carbocycles. The van der Waals surface area contributed by atoms with E-state index in [0.29, 0.717) is 18.6 Å². The monoisotopic (exact) mass is 446 g/mol. The number of aliphatic carboxylic acids is 1. The standard InChI is InChI=1S/C20H38N4O5S/c1-7-12(4)16(19(27)22-14(20(28)29)8-9-30-6)24-18(26)15(10-11(2)3)23-17(25)13(5)21/h11-16H,7-10,21H2,1-6H3,(H,22,27)(H,23,25)(H,24,26)(H,28,29). The molecule has 0 bridgehead atoms. The zero-order chi connectivity index (χ0) is 23.4. The lowest BCUT2D eigenvalue weighted by Crippen LogP contribution is -2.58. The quantitative estimate of drug-likeness (QED) is 0.264. The molecule has 174 valence electrons. The Kier molecular flexibility index (Phi) is 13.4. The fourth-order valence-corrected chi connectivity index (χ4v) is 3.19. The highest BCUT2D eigenvalue weighted by Crippen LogP contribution is 2.12. The third kappa shape index (κ3) is 10.3. The third-order valence-electron chi connectivity index (χ3n) is 4.77. The molecule has 0 spiro atoms. The van der Waals surface area contributed by atoms with Crippen molar-refractivity contribution >= 4 is 35.5 Å². The molecule has 0 aliphatic carbocycles. The number of hydrogen-bond acceptors (Lipinski definition) is 6. The lowest BCUT2D eigenvalue weighted by Gasteiger charge is -2.28. The SMILES string of the molecule is CCC(C)C(NC(=O)C(CC(C)C)NC(=O)C(C)N)C(=O)NC(CCSC)C(=O)O. The fraction of sp³-hybridized carbons (Fsp3) is 0.800. The molecule has 0 radical (unpaired) electrons. The first-order chi connectivity index (χ1) is 13.9. The van der Waals surface area contributed by atoms with Crippen LogP contribution in [0.4, 0.5) is 0 Å². The first kappa shape index (κ1) is 28.2. The summed E-state index contributed by atoms with van der Waals surface area (Å²) in [5.74, 6) is -2.14. The first-order valence-electron chi connectivity index (χ1n) is 10.3. The summed E-state index contributed by atoms with van der Waals surface area (Å²) in [6.07, 6.45) is 3.12. The van der Waals surface area contributed by atoms with Crippen LogP contribution in [-0.4, -0.2) is 65.0 Å². The molecule has 5 unspecified atom stereocenters. The third-order valence-corrected chi connectivity index (χ3v) is 5.42. The molecule has 0 aliphatic rings. The molecular weight excluding hydrogens is 408 g/mol. The predicted molar refractivity (Wildman–Crippen MR) is 119 cm³/mol. The van der Waals surface area contributed by atoms with Crippen molar-refractivity contribution < 1.29 is 24.3 Å². The minimum absolute atomic E-state index is 0.118. The number of nitrogens with one attached hydrogen (secondary N) is 3. The van der Waals surface area contributed by atoms with Crippen LogP contribution in [0.1, 0.15) is 53.9 Å². The molecule has 0 aromatic heterocycles. The van der Waals surface area contributed by atoms with Crippen molar-refractivity contribution in [2.24, 2.45) is 17.6 Å². The molecule has 6 N–H and O–H groups in total. The summed E-state index contributed by atoms with van der Waals surface area (Å²) in [6, 6.07) is -3.55. The van der Waals surface area contributed by atoms with E-state index in [0.717, 1.165) is 0 Å². The van der Waals surface area contributed by atoms with E-state index in [1.54, 1.807) is 6.92 Å². The number of carboxylic acid groups (broad SMARTS) is 1. The zero-order valence-electron chi connectivity index (χ0n) is 18.9. The van der Waals surface area contributed by atoms with Crippen molar-refractivity contribution in [3.8, 4) is 0 Å². The number of amides is 3. The second kappa shape index (κ2) is 14.2. The van der Waals surface area contributed by atoms with Crippen LogP contribution in [-0.2, 0) is 19.2 Å². The summed E-state index contributed by atoms with van der Waals surface area (Å²) in [6.45, 7) is 9.04. The number of carbonyl (C=O) groups is 4. The van der Waals surface area contributed by atoms with Gasteiger partial charge in [-0.3, -0.25) is 14.4 Å². The predicted octanol–water partition coefficient (Wildman–Crippen LogP) is 0.718. The minimum atomic E-state index is -1.12. The normalized spacial score (nSPS) is 16.1. The van der Waals surface area contributed by atoms with Gasteiger partial charge in [-0.25, -0.2) is 4.79 Å². The van der Waals surface area contributed by atoms with Gasteiger partial charge in [0.05, 0.1) is 6.04 Å². The van der Waals surface area contributed by atoms with Crippen molar-refractivity contribution in [2.45, 2.75) is 78.0 Å². The maximum atomic E-state index is 12.9. The summed E-state index contributed by atoms with van der Waals surface area (Å²) in [5, 5.41) is 17.3. The van der Waals surface area contributed by atoms with E-state index in [1.165, 1.54) is 18.7 Å². The van der Waals surface area contributed by atoms with Crippen LogP contribution in [0.5, 0.6) is 0 Å². The summed E-state index contributed by atoms with van der Waals surface area (Å²) in [5.41, 5.74) is 5.59. The van der Waals surface area contributed by atoms with Gasteiger partial charge >= 0.3 is 5.97 Å². The summed E-state index contributed by atoms with van der Waals surface area (Å²) in [4.78, 5) is 49.2. The van der Waals surface area contributed by atoms with Gasteiger partial charge in [0.15, 0.2) is 0 Å². The summed E-state index contributed by atoms with van der Waals surface area (Å²) < 4.78 is 0. The Bertz CT molecular complexity index is 586. The van der Waals surface area contributed by atoms with E-state index in [-0.39, 0.29) is 18.3 Å². The Morgan fingerprint density at radius 2 is 1.50 bits per heavy atom. The topological polar surface area (TPSA) is 151 Å². The van der Waals surface area contributed by atoms with Gasteiger partial charge < -0.3 is 26.8 Å². The molecule has 0 rings (SSSR count). The van der Waals surface area contributed by atoms with Gasteiger partial charge in [0.2, 0.25) is 17.7 Å². The van der Waals surface area contributed by atoms with Crippen molar-refractivity contribution in [1.29, 1.82) is 0 Å². The smallest absolute Gasteiger partial charge is 0.326 e. The van der Waals surface area contributed by atoms with Gasteiger partial charge in [-0.15, -0.1) is 0 Å². The molecule has 5 atom stereocenters. The van der Waals surface area contributed by atoms with Crippen LogP contribution in [0.2, 0.25) is 0 Å². The molecule has 0 fully saturated rings. The van der Waals surface area contributed by atoms with Crippen LogP contribution in [0, 0.1) is 11.8 Å². The number of carboxylic acids is 1. The van der Waals surface area contributed by atoms with E-state index in [4.69, 9.17) is 5.73 Å². The molecule has 0 aromatic rings. The highest BCUT2D eigenvalue weighted by molar-refractivity contribution is 7.98. The van der Waals surface area contributed by atoms with E-state index >= 15 is 0 Å².